The van der Waals surface area contributed by atoms with E-state index in [0.717, 1.165) is 37.4 Å². The van der Waals surface area contributed by atoms with Crippen molar-refractivity contribution in [2.75, 3.05) is 37.6 Å². The van der Waals surface area contributed by atoms with Gasteiger partial charge in [0, 0.05) is 38.3 Å². The molecule has 0 spiro atoms. The Morgan fingerprint density at radius 3 is 2.35 bits per heavy atom. The number of halogens is 1. The average Bonchev–Trinajstić information content (AvgIpc) is 2.68. The molecule has 0 radical (unpaired) electrons. The standard InChI is InChI=1S/C20H25FN4O/c21-17-6-8-18(9-7-17)24-10-12-25(13-11-24)20(22)23-15-19(26)14-16-4-2-1-3-5-16/h1-9,19,26H,10-15H2,(H2,22,23). The number of hydrogen-bond acceptors (Lipinski definition) is 3. The first-order valence-corrected chi connectivity index (χ1v) is 8.89. The summed E-state index contributed by atoms with van der Waals surface area (Å²) in [4.78, 5) is 8.58. The summed E-state index contributed by atoms with van der Waals surface area (Å²) in [6.07, 6.45) is 0.0205. The first-order chi connectivity index (χ1) is 12.6. The van der Waals surface area contributed by atoms with Crippen molar-refractivity contribution >= 4 is 11.6 Å². The van der Waals surface area contributed by atoms with Crippen LogP contribution in [0.1, 0.15) is 5.56 Å². The van der Waals surface area contributed by atoms with Gasteiger partial charge in [0.25, 0.3) is 0 Å². The Bertz CT molecular complexity index is 712. The molecule has 1 aliphatic rings. The molecule has 1 unspecified atom stereocenters. The Balaban J connectivity index is 1.47. The minimum absolute atomic E-state index is 0.224. The molecular weight excluding hydrogens is 331 g/mol. The SMILES string of the molecule is NC(=NCC(O)Cc1ccccc1)N1CCN(c2ccc(F)cc2)CC1. The van der Waals surface area contributed by atoms with Crippen LogP contribution in [0.2, 0.25) is 0 Å². The van der Waals surface area contributed by atoms with Crippen molar-refractivity contribution in [3.63, 3.8) is 0 Å². The zero-order valence-corrected chi connectivity index (χ0v) is 14.8. The molecule has 2 aromatic carbocycles. The van der Waals surface area contributed by atoms with Gasteiger partial charge in [0.15, 0.2) is 5.96 Å². The molecule has 0 bridgehead atoms. The Morgan fingerprint density at radius 2 is 1.69 bits per heavy atom. The molecule has 0 aliphatic carbocycles. The van der Waals surface area contributed by atoms with Gasteiger partial charge in [-0.1, -0.05) is 30.3 Å². The summed E-state index contributed by atoms with van der Waals surface area (Å²) in [5, 5.41) is 10.1. The number of anilines is 1. The summed E-state index contributed by atoms with van der Waals surface area (Å²) >= 11 is 0. The third-order valence-corrected chi connectivity index (χ3v) is 4.57. The van der Waals surface area contributed by atoms with Gasteiger partial charge >= 0.3 is 0 Å². The van der Waals surface area contributed by atoms with Gasteiger partial charge < -0.3 is 20.6 Å². The quantitative estimate of drug-likeness (QED) is 0.634. The molecule has 2 aromatic rings. The molecular formula is C20H25FN4O. The molecule has 3 N–H and O–H groups in total. The lowest BCUT2D eigenvalue weighted by atomic mass is 10.1. The highest BCUT2D eigenvalue weighted by atomic mass is 19.1. The molecule has 1 aliphatic heterocycles. The fourth-order valence-electron chi connectivity index (χ4n) is 3.10. The van der Waals surface area contributed by atoms with Crippen LogP contribution in [-0.4, -0.2) is 54.8 Å². The smallest absolute Gasteiger partial charge is 0.191 e. The van der Waals surface area contributed by atoms with Crippen LogP contribution < -0.4 is 10.6 Å². The van der Waals surface area contributed by atoms with Crippen molar-refractivity contribution in [3.05, 3.63) is 66.0 Å². The topological polar surface area (TPSA) is 65.1 Å². The van der Waals surface area contributed by atoms with Crippen LogP contribution in [0.3, 0.4) is 0 Å². The third kappa shape index (κ3) is 4.95. The lowest BCUT2D eigenvalue weighted by molar-refractivity contribution is 0.183. The molecule has 138 valence electrons. The summed E-state index contributed by atoms with van der Waals surface area (Å²) in [6, 6.07) is 16.4. The number of aliphatic hydroxyl groups excluding tert-OH is 1. The third-order valence-electron chi connectivity index (χ3n) is 4.57. The van der Waals surface area contributed by atoms with Crippen LogP contribution in [0.5, 0.6) is 0 Å². The van der Waals surface area contributed by atoms with Crippen molar-refractivity contribution < 1.29 is 9.50 Å². The van der Waals surface area contributed by atoms with E-state index in [0.29, 0.717) is 18.9 Å². The summed E-state index contributed by atoms with van der Waals surface area (Å²) < 4.78 is 13.0. The van der Waals surface area contributed by atoms with E-state index < -0.39 is 6.10 Å². The van der Waals surface area contributed by atoms with Gasteiger partial charge in [-0.15, -0.1) is 0 Å². The van der Waals surface area contributed by atoms with Crippen LogP contribution in [0, 0.1) is 5.82 Å². The van der Waals surface area contributed by atoms with E-state index in [9.17, 15) is 9.50 Å². The summed E-state index contributed by atoms with van der Waals surface area (Å²) in [5.41, 5.74) is 8.19. The second kappa shape index (κ2) is 8.67. The first-order valence-electron chi connectivity index (χ1n) is 8.89. The van der Waals surface area contributed by atoms with E-state index in [4.69, 9.17) is 5.73 Å². The fraction of sp³-hybridized carbons (Fsp3) is 0.350. The number of aliphatic hydroxyl groups is 1. The number of nitrogens with zero attached hydrogens (tertiary/aromatic N) is 3. The zero-order valence-electron chi connectivity index (χ0n) is 14.8. The van der Waals surface area contributed by atoms with Gasteiger partial charge in [-0.25, -0.2) is 4.39 Å². The molecule has 5 nitrogen and oxygen atoms in total. The Hall–Kier alpha value is -2.60. The molecule has 0 saturated carbocycles. The molecule has 3 rings (SSSR count). The van der Waals surface area contributed by atoms with E-state index in [1.165, 1.54) is 12.1 Å². The zero-order chi connectivity index (χ0) is 18.4. The predicted octanol–water partition coefficient (Wildman–Crippen LogP) is 1.87. The molecule has 1 heterocycles. The van der Waals surface area contributed by atoms with E-state index >= 15 is 0 Å². The maximum atomic E-state index is 13.0. The fourth-order valence-corrected chi connectivity index (χ4v) is 3.10. The number of guanidine groups is 1. The minimum atomic E-state index is -0.545. The Morgan fingerprint density at radius 1 is 1.04 bits per heavy atom. The molecule has 0 amide bonds. The number of piperazine rings is 1. The number of aliphatic imine (C=N–C) groups is 1. The maximum absolute atomic E-state index is 13.0. The van der Waals surface area contributed by atoms with Gasteiger partial charge in [0.2, 0.25) is 0 Å². The molecule has 0 aromatic heterocycles. The predicted molar refractivity (Wildman–Crippen MR) is 103 cm³/mol. The maximum Gasteiger partial charge on any atom is 0.191 e. The average molecular weight is 356 g/mol. The summed E-state index contributed by atoms with van der Waals surface area (Å²) in [7, 11) is 0. The molecule has 1 saturated heterocycles. The van der Waals surface area contributed by atoms with Gasteiger partial charge in [-0.05, 0) is 29.8 Å². The highest BCUT2D eigenvalue weighted by molar-refractivity contribution is 5.78. The lowest BCUT2D eigenvalue weighted by Crippen LogP contribution is -2.51. The largest absolute Gasteiger partial charge is 0.391 e. The van der Waals surface area contributed by atoms with Crippen molar-refractivity contribution in [1.29, 1.82) is 0 Å². The van der Waals surface area contributed by atoms with E-state index in [1.54, 1.807) is 12.1 Å². The Labute approximate surface area is 153 Å². The summed E-state index contributed by atoms with van der Waals surface area (Å²) in [5.74, 6) is 0.244. The van der Waals surface area contributed by atoms with Crippen molar-refractivity contribution in [1.82, 2.24) is 4.90 Å². The van der Waals surface area contributed by atoms with Crippen molar-refractivity contribution in [2.45, 2.75) is 12.5 Å². The van der Waals surface area contributed by atoms with Crippen LogP contribution in [-0.2, 0) is 6.42 Å². The second-order valence-corrected chi connectivity index (χ2v) is 6.49. The normalized spacial score (nSPS) is 16.6. The van der Waals surface area contributed by atoms with Crippen LogP contribution in [0.25, 0.3) is 0 Å². The number of hydrogen-bond donors (Lipinski definition) is 2. The summed E-state index contributed by atoms with van der Waals surface area (Å²) in [6.45, 7) is 3.39. The molecule has 1 fully saturated rings. The van der Waals surface area contributed by atoms with Gasteiger partial charge in [-0.3, -0.25) is 4.99 Å². The number of benzene rings is 2. The Kier molecular flexibility index (Phi) is 6.07. The lowest BCUT2D eigenvalue weighted by Gasteiger charge is -2.36. The van der Waals surface area contributed by atoms with Gasteiger partial charge in [0.05, 0.1) is 12.6 Å². The number of nitrogens with two attached hydrogens (primary N) is 1. The number of rotatable bonds is 5. The minimum Gasteiger partial charge on any atom is -0.391 e. The van der Waals surface area contributed by atoms with Crippen molar-refractivity contribution in [2.24, 2.45) is 10.7 Å². The van der Waals surface area contributed by atoms with Crippen LogP contribution >= 0.6 is 0 Å². The molecule has 6 heteroatoms. The van der Waals surface area contributed by atoms with E-state index in [-0.39, 0.29) is 5.82 Å². The molecule has 1 atom stereocenters. The van der Waals surface area contributed by atoms with Crippen LogP contribution in [0.4, 0.5) is 10.1 Å². The monoisotopic (exact) mass is 356 g/mol. The highest BCUT2D eigenvalue weighted by Gasteiger charge is 2.18. The first kappa shape index (κ1) is 18.2. The van der Waals surface area contributed by atoms with E-state index in [1.807, 2.05) is 35.2 Å². The van der Waals surface area contributed by atoms with Gasteiger partial charge in [-0.2, -0.15) is 0 Å². The van der Waals surface area contributed by atoms with E-state index in [2.05, 4.69) is 9.89 Å². The van der Waals surface area contributed by atoms with Crippen molar-refractivity contribution in [3.8, 4) is 0 Å². The van der Waals surface area contributed by atoms with Gasteiger partial charge in [0.1, 0.15) is 5.82 Å². The highest BCUT2D eigenvalue weighted by Crippen LogP contribution is 2.16. The second-order valence-electron chi connectivity index (χ2n) is 6.49. The van der Waals surface area contributed by atoms with Crippen LogP contribution in [0.15, 0.2) is 59.6 Å². The molecule has 26 heavy (non-hydrogen) atoms.